The lowest BCUT2D eigenvalue weighted by Crippen LogP contribution is -2.06. The Morgan fingerprint density at radius 3 is 2.19 bits per heavy atom. The van der Waals surface area contributed by atoms with E-state index in [1.807, 2.05) is 6.07 Å². The average Bonchev–Trinajstić information content (AvgIpc) is 2.78. The van der Waals surface area contributed by atoms with Crippen LogP contribution in [0.5, 0.6) is 5.75 Å². The highest BCUT2D eigenvalue weighted by molar-refractivity contribution is 6.35. The summed E-state index contributed by atoms with van der Waals surface area (Å²) in [4.78, 5) is 0. The van der Waals surface area contributed by atoms with E-state index in [0.29, 0.717) is 41.9 Å². The van der Waals surface area contributed by atoms with Crippen molar-refractivity contribution in [3.8, 4) is 5.75 Å². The molecule has 0 bridgehead atoms. The minimum absolute atomic E-state index is 0.0574. The van der Waals surface area contributed by atoms with Gasteiger partial charge in [0.25, 0.3) is 0 Å². The fourth-order valence-electron chi connectivity index (χ4n) is 3.42. The second-order valence-corrected chi connectivity index (χ2v) is 8.65. The molecule has 2 aromatic rings. The summed E-state index contributed by atoms with van der Waals surface area (Å²) in [5, 5.41) is 30.3. The zero-order valence-electron chi connectivity index (χ0n) is 18.4. The number of ether oxygens (including phenoxy) is 2. The van der Waals surface area contributed by atoms with E-state index in [1.165, 1.54) is 6.07 Å². The number of hydrogen-bond donors (Lipinski definition) is 3. The topological polar surface area (TPSA) is 79.2 Å². The van der Waals surface area contributed by atoms with Crippen molar-refractivity contribution < 1.29 is 24.8 Å². The highest BCUT2D eigenvalue weighted by atomic mass is 35.5. The summed E-state index contributed by atoms with van der Waals surface area (Å²) < 4.78 is 11.2. The quantitative estimate of drug-likeness (QED) is 0.247. The zero-order chi connectivity index (χ0) is 23.2. The number of rotatable bonds is 16. The first kappa shape index (κ1) is 26.9. The normalized spacial score (nSPS) is 12.2. The van der Waals surface area contributed by atoms with E-state index >= 15 is 0 Å². The Balaban J connectivity index is 1.42. The third-order valence-corrected chi connectivity index (χ3v) is 6.06. The van der Waals surface area contributed by atoms with Crippen LogP contribution in [-0.4, -0.2) is 35.1 Å². The summed E-state index contributed by atoms with van der Waals surface area (Å²) in [7, 11) is 0. The molecule has 0 aliphatic rings. The van der Waals surface area contributed by atoms with Gasteiger partial charge in [-0.3, -0.25) is 0 Å². The van der Waals surface area contributed by atoms with E-state index in [-0.39, 0.29) is 12.4 Å². The molecule has 0 aliphatic heterocycles. The average molecular weight is 485 g/mol. The van der Waals surface area contributed by atoms with Crippen molar-refractivity contribution in [2.75, 3.05) is 19.8 Å². The lowest BCUT2D eigenvalue weighted by Gasteiger charge is -2.12. The maximum absolute atomic E-state index is 10.3. The number of benzene rings is 2. The maximum atomic E-state index is 10.3. The third kappa shape index (κ3) is 9.65. The molecule has 0 amide bonds. The second-order valence-electron chi connectivity index (χ2n) is 7.84. The van der Waals surface area contributed by atoms with Crippen LogP contribution in [0.15, 0.2) is 36.4 Å². The Labute approximate surface area is 200 Å². The van der Waals surface area contributed by atoms with Crippen molar-refractivity contribution in [1.29, 1.82) is 0 Å². The molecular formula is C25H34Cl2O5. The molecule has 7 heteroatoms. The molecule has 0 aromatic heterocycles. The SMILES string of the molecule is OCc1cc(C(O)CCCCCCCCOCCOCc2c(Cl)cccc2Cl)ccc1O. The number of aromatic hydroxyl groups is 1. The summed E-state index contributed by atoms with van der Waals surface area (Å²) in [6.45, 7) is 1.93. The molecule has 5 nitrogen and oxygen atoms in total. The molecule has 2 rings (SSSR count). The minimum atomic E-state index is -0.564. The first-order valence-electron chi connectivity index (χ1n) is 11.2. The smallest absolute Gasteiger partial charge is 0.121 e. The second kappa shape index (κ2) is 15.5. The van der Waals surface area contributed by atoms with E-state index < -0.39 is 6.10 Å². The molecule has 2 aromatic carbocycles. The lowest BCUT2D eigenvalue weighted by atomic mass is 10.00. The summed E-state index contributed by atoms with van der Waals surface area (Å²) in [5.41, 5.74) is 1.99. The maximum Gasteiger partial charge on any atom is 0.121 e. The van der Waals surface area contributed by atoms with Gasteiger partial charge in [0, 0.05) is 27.8 Å². The van der Waals surface area contributed by atoms with Gasteiger partial charge in [-0.1, -0.05) is 67.4 Å². The lowest BCUT2D eigenvalue weighted by molar-refractivity contribution is 0.0393. The molecule has 0 fully saturated rings. The number of unbranched alkanes of at least 4 members (excludes halogenated alkanes) is 5. The van der Waals surface area contributed by atoms with Crippen LogP contribution in [0.3, 0.4) is 0 Å². The van der Waals surface area contributed by atoms with E-state index in [9.17, 15) is 15.3 Å². The first-order valence-corrected chi connectivity index (χ1v) is 12.0. The Hall–Kier alpha value is -1.34. The van der Waals surface area contributed by atoms with Crippen LogP contribution < -0.4 is 0 Å². The van der Waals surface area contributed by atoms with Crippen LogP contribution in [0.25, 0.3) is 0 Å². The standard InChI is InChI=1S/C25H34Cl2O5/c26-22-8-7-9-23(27)21(22)18-32-15-14-31-13-6-4-2-1-3-5-10-24(29)19-11-12-25(30)20(16-19)17-28/h7-9,11-12,16,24,28-30H,1-6,10,13-15,17-18H2. The molecule has 0 aliphatic carbocycles. The van der Waals surface area contributed by atoms with Crippen molar-refractivity contribution >= 4 is 23.2 Å². The molecule has 178 valence electrons. The summed E-state index contributed by atoms with van der Waals surface area (Å²) >= 11 is 12.2. The number of halogens is 2. The van der Waals surface area contributed by atoms with Crippen LogP contribution >= 0.6 is 23.2 Å². The Morgan fingerprint density at radius 2 is 1.47 bits per heavy atom. The van der Waals surface area contributed by atoms with Gasteiger partial charge in [-0.25, -0.2) is 0 Å². The van der Waals surface area contributed by atoms with E-state index in [2.05, 4.69) is 0 Å². The zero-order valence-corrected chi connectivity index (χ0v) is 20.0. The van der Waals surface area contributed by atoms with Gasteiger partial charge in [-0.15, -0.1) is 0 Å². The molecule has 0 saturated heterocycles. The van der Waals surface area contributed by atoms with Gasteiger partial charge in [0.1, 0.15) is 5.75 Å². The van der Waals surface area contributed by atoms with Crippen LogP contribution in [0.4, 0.5) is 0 Å². The fourth-order valence-corrected chi connectivity index (χ4v) is 3.93. The van der Waals surface area contributed by atoms with Gasteiger partial charge >= 0.3 is 0 Å². The van der Waals surface area contributed by atoms with E-state index in [1.54, 1.807) is 24.3 Å². The molecule has 0 spiro atoms. The van der Waals surface area contributed by atoms with Crippen molar-refractivity contribution in [2.45, 2.75) is 64.3 Å². The first-order chi connectivity index (χ1) is 15.5. The Bertz CT molecular complexity index is 780. The molecule has 0 radical (unpaired) electrons. The number of aliphatic hydroxyl groups is 2. The predicted octanol–water partition coefficient (Wildman–Crippen LogP) is 6.19. The summed E-state index contributed by atoms with van der Waals surface area (Å²) in [6.07, 6.45) is 6.55. The highest BCUT2D eigenvalue weighted by Crippen LogP contribution is 2.26. The fraction of sp³-hybridized carbons (Fsp3) is 0.520. The monoisotopic (exact) mass is 484 g/mol. The van der Waals surface area contributed by atoms with Gasteiger partial charge < -0.3 is 24.8 Å². The molecule has 3 N–H and O–H groups in total. The number of phenols is 1. The van der Waals surface area contributed by atoms with Gasteiger partial charge in [0.15, 0.2) is 0 Å². The Kier molecular flexibility index (Phi) is 13.0. The van der Waals surface area contributed by atoms with Crippen molar-refractivity contribution in [1.82, 2.24) is 0 Å². The highest BCUT2D eigenvalue weighted by Gasteiger charge is 2.10. The van der Waals surface area contributed by atoms with Crippen molar-refractivity contribution in [3.05, 3.63) is 63.1 Å². The molecule has 1 atom stereocenters. The van der Waals surface area contributed by atoms with Gasteiger partial charge in [-0.05, 0) is 42.7 Å². The third-order valence-electron chi connectivity index (χ3n) is 5.36. The molecule has 32 heavy (non-hydrogen) atoms. The summed E-state index contributed by atoms with van der Waals surface area (Å²) in [5.74, 6) is 0.0574. The molecule has 0 heterocycles. The molecular weight excluding hydrogens is 451 g/mol. The minimum Gasteiger partial charge on any atom is -0.508 e. The van der Waals surface area contributed by atoms with Crippen molar-refractivity contribution in [3.63, 3.8) is 0 Å². The molecule has 1 unspecified atom stereocenters. The van der Waals surface area contributed by atoms with Crippen LogP contribution in [0.1, 0.15) is 67.7 Å². The summed E-state index contributed by atoms with van der Waals surface area (Å²) in [6, 6.07) is 10.3. The van der Waals surface area contributed by atoms with Crippen molar-refractivity contribution in [2.24, 2.45) is 0 Å². The predicted molar refractivity (Wildman–Crippen MR) is 128 cm³/mol. The Morgan fingerprint density at radius 1 is 0.812 bits per heavy atom. The van der Waals surface area contributed by atoms with Gasteiger partial charge in [0.2, 0.25) is 0 Å². The van der Waals surface area contributed by atoms with Crippen LogP contribution in [0, 0.1) is 0 Å². The molecule has 0 saturated carbocycles. The van der Waals surface area contributed by atoms with Gasteiger partial charge in [0.05, 0.1) is 32.5 Å². The number of hydrogen-bond acceptors (Lipinski definition) is 5. The van der Waals surface area contributed by atoms with Gasteiger partial charge in [-0.2, -0.15) is 0 Å². The largest absolute Gasteiger partial charge is 0.508 e. The van der Waals surface area contributed by atoms with Crippen LogP contribution in [-0.2, 0) is 22.7 Å². The van der Waals surface area contributed by atoms with E-state index in [0.717, 1.165) is 56.3 Å². The number of aliphatic hydroxyl groups excluding tert-OH is 2. The van der Waals surface area contributed by atoms with Crippen LogP contribution in [0.2, 0.25) is 10.0 Å². The van der Waals surface area contributed by atoms with E-state index in [4.69, 9.17) is 32.7 Å².